The van der Waals surface area contributed by atoms with Gasteiger partial charge < -0.3 is 10.1 Å². The van der Waals surface area contributed by atoms with Crippen LogP contribution in [0.3, 0.4) is 0 Å². The van der Waals surface area contributed by atoms with E-state index >= 15 is 0 Å². The fourth-order valence-electron chi connectivity index (χ4n) is 2.57. The van der Waals surface area contributed by atoms with Crippen LogP contribution in [0, 0.1) is 10.1 Å². The van der Waals surface area contributed by atoms with Crippen LogP contribution in [-0.4, -0.2) is 23.4 Å². The molecule has 29 heavy (non-hydrogen) atoms. The molecule has 3 aromatic carbocycles. The molecule has 0 aliphatic heterocycles. The fraction of sp³-hybridized carbons (Fsp3) is 0.0476. The van der Waals surface area contributed by atoms with Crippen molar-refractivity contribution in [3.05, 3.63) is 93.5 Å². The van der Waals surface area contributed by atoms with Crippen LogP contribution in [0.15, 0.2) is 72.8 Å². The molecular formula is C21H15ClN2O5. The molecule has 0 aliphatic rings. The summed E-state index contributed by atoms with van der Waals surface area (Å²) in [6.07, 6.45) is 0. The Morgan fingerprint density at radius 1 is 0.966 bits per heavy atom. The number of rotatable bonds is 6. The summed E-state index contributed by atoms with van der Waals surface area (Å²) >= 11 is 5.87. The highest BCUT2D eigenvalue weighted by Gasteiger charge is 2.17. The minimum absolute atomic E-state index is 0.0581. The topological polar surface area (TPSA) is 98.5 Å². The second kappa shape index (κ2) is 8.99. The predicted octanol–water partition coefficient (Wildman–Crippen LogP) is 4.71. The quantitative estimate of drug-likeness (QED) is 0.360. The first-order valence-corrected chi connectivity index (χ1v) is 8.88. The van der Waals surface area contributed by atoms with Crippen molar-refractivity contribution < 1.29 is 19.2 Å². The number of nitro benzene ring substituents is 1. The highest BCUT2D eigenvalue weighted by atomic mass is 35.5. The third-order valence-electron chi connectivity index (χ3n) is 3.99. The Bertz CT molecular complexity index is 1050. The molecule has 1 N–H and O–H groups in total. The summed E-state index contributed by atoms with van der Waals surface area (Å²) in [5.74, 6) is -1.37. The van der Waals surface area contributed by atoms with E-state index in [1.165, 1.54) is 6.07 Å². The minimum Gasteiger partial charge on any atom is -0.452 e. The van der Waals surface area contributed by atoms with E-state index in [0.717, 1.165) is 23.3 Å². The first-order valence-electron chi connectivity index (χ1n) is 8.50. The summed E-state index contributed by atoms with van der Waals surface area (Å²) in [5, 5.41) is 13.2. The van der Waals surface area contributed by atoms with Gasteiger partial charge in [-0.05, 0) is 29.3 Å². The van der Waals surface area contributed by atoms with E-state index in [0.29, 0.717) is 5.69 Å². The Kier molecular flexibility index (Phi) is 6.21. The summed E-state index contributed by atoms with van der Waals surface area (Å²) in [6.45, 7) is -0.521. The number of anilines is 1. The summed E-state index contributed by atoms with van der Waals surface area (Å²) in [6, 6.07) is 20.4. The second-order valence-corrected chi connectivity index (χ2v) is 6.40. The number of non-ortho nitro benzene ring substituents is 1. The average molecular weight is 411 g/mol. The van der Waals surface area contributed by atoms with E-state index in [-0.39, 0.29) is 16.3 Å². The number of ether oxygens (including phenoxy) is 1. The Balaban J connectivity index is 1.56. The standard InChI is InChI=1S/C21H15ClN2O5/c22-19-12-17(24(27)28)10-11-18(19)21(26)29-13-20(25)23-16-8-6-15(7-9-16)14-4-2-1-3-5-14/h1-12H,13H2,(H,23,25). The molecule has 0 bridgehead atoms. The van der Waals surface area contributed by atoms with Crippen molar-refractivity contribution in [2.24, 2.45) is 0 Å². The number of carbonyl (C=O) groups is 2. The molecule has 0 fully saturated rings. The molecule has 7 nitrogen and oxygen atoms in total. The number of halogens is 1. The maximum atomic E-state index is 12.0. The molecule has 0 aromatic heterocycles. The molecule has 0 atom stereocenters. The molecule has 0 radical (unpaired) electrons. The van der Waals surface area contributed by atoms with E-state index in [1.807, 2.05) is 42.5 Å². The first-order chi connectivity index (χ1) is 13.9. The third kappa shape index (κ3) is 5.18. The maximum Gasteiger partial charge on any atom is 0.340 e. The van der Waals surface area contributed by atoms with Crippen molar-refractivity contribution in [1.29, 1.82) is 0 Å². The lowest BCUT2D eigenvalue weighted by Gasteiger charge is -2.08. The molecule has 1 amide bonds. The lowest BCUT2D eigenvalue weighted by atomic mass is 10.1. The largest absolute Gasteiger partial charge is 0.452 e. The van der Waals surface area contributed by atoms with Crippen molar-refractivity contribution >= 4 is 34.9 Å². The Hall–Kier alpha value is -3.71. The van der Waals surface area contributed by atoms with Crippen LogP contribution in [0.25, 0.3) is 11.1 Å². The SMILES string of the molecule is O=C(COC(=O)c1ccc([N+](=O)[O-])cc1Cl)Nc1ccc(-c2ccccc2)cc1. The van der Waals surface area contributed by atoms with Gasteiger partial charge in [0.05, 0.1) is 15.5 Å². The summed E-state index contributed by atoms with van der Waals surface area (Å²) in [7, 11) is 0. The lowest BCUT2D eigenvalue weighted by Crippen LogP contribution is -2.21. The number of hydrogen-bond acceptors (Lipinski definition) is 5. The minimum atomic E-state index is -0.848. The Morgan fingerprint density at radius 2 is 1.62 bits per heavy atom. The normalized spacial score (nSPS) is 10.2. The Labute approximate surface area is 171 Å². The molecule has 0 spiro atoms. The van der Waals surface area contributed by atoms with Gasteiger partial charge >= 0.3 is 5.97 Å². The van der Waals surface area contributed by atoms with Gasteiger partial charge in [-0.2, -0.15) is 0 Å². The summed E-state index contributed by atoms with van der Waals surface area (Å²) < 4.78 is 4.93. The number of carbonyl (C=O) groups excluding carboxylic acids is 2. The highest BCUT2D eigenvalue weighted by molar-refractivity contribution is 6.33. The molecule has 0 heterocycles. The summed E-state index contributed by atoms with van der Waals surface area (Å²) in [4.78, 5) is 34.1. The Morgan fingerprint density at radius 3 is 2.24 bits per heavy atom. The molecular weight excluding hydrogens is 396 g/mol. The molecule has 8 heteroatoms. The van der Waals surface area contributed by atoms with Crippen LogP contribution in [0.5, 0.6) is 0 Å². The zero-order valence-corrected chi connectivity index (χ0v) is 15.8. The van der Waals surface area contributed by atoms with Crippen LogP contribution in [-0.2, 0) is 9.53 Å². The zero-order valence-electron chi connectivity index (χ0n) is 15.0. The van der Waals surface area contributed by atoms with Gasteiger partial charge in [0.15, 0.2) is 6.61 Å². The van der Waals surface area contributed by atoms with Gasteiger partial charge in [0.1, 0.15) is 0 Å². The van der Waals surface area contributed by atoms with Crippen LogP contribution < -0.4 is 5.32 Å². The highest BCUT2D eigenvalue weighted by Crippen LogP contribution is 2.23. The van der Waals surface area contributed by atoms with E-state index in [2.05, 4.69) is 5.32 Å². The van der Waals surface area contributed by atoms with E-state index < -0.39 is 23.4 Å². The van der Waals surface area contributed by atoms with Crippen molar-refractivity contribution in [3.8, 4) is 11.1 Å². The van der Waals surface area contributed by atoms with Gasteiger partial charge in [0.2, 0.25) is 0 Å². The van der Waals surface area contributed by atoms with Crippen molar-refractivity contribution in [1.82, 2.24) is 0 Å². The van der Waals surface area contributed by atoms with Gasteiger partial charge in [-0.1, -0.05) is 54.1 Å². The lowest BCUT2D eigenvalue weighted by molar-refractivity contribution is -0.384. The molecule has 0 saturated carbocycles. The number of benzene rings is 3. The van der Waals surface area contributed by atoms with E-state index in [4.69, 9.17) is 16.3 Å². The number of nitrogens with one attached hydrogen (secondary N) is 1. The van der Waals surface area contributed by atoms with Gasteiger partial charge in [0.25, 0.3) is 11.6 Å². The van der Waals surface area contributed by atoms with Crippen LogP contribution >= 0.6 is 11.6 Å². The molecule has 3 rings (SSSR count). The average Bonchev–Trinajstić information content (AvgIpc) is 2.73. The number of nitrogens with zero attached hydrogens (tertiary/aromatic N) is 1. The van der Waals surface area contributed by atoms with E-state index in [1.54, 1.807) is 12.1 Å². The van der Waals surface area contributed by atoms with E-state index in [9.17, 15) is 19.7 Å². The van der Waals surface area contributed by atoms with Crippen LogP contribution in [0.2, 0.25) is 5.02 Å². The maximum absolute atomic E-state index is 12.0. The van der Waals surface area contributed by atoms with Gasteiger partial charge in [-0.15, -0.1) is 0 Å². The molecule has 0 saturated heterocycles. The zero-order chi connectivity index (χ0) is 20.8. The van der Waals surface area contributed by atoms with Gasteiger partial charge in [0, 0.05) is 17.8 Å². The summed E-state index contributed by atoms with van der Waals surface area (Å²) in [5.41, 5.74) is 2.31. The number of hydrogen-bond donors (Lipinski definition) is 1. The predicted molar refractivity (Wildman–Crippen MR) is 109 cm³/mol. The van der Waals surface area contributed by atoms with Crippen LogP contribution in [0.1, 0.15) is 10.4 Å². The fourth-order valence-corrected chi connectivity index (χ4v) is 2.82. The molecule has 146 valence electrons. The van der Waals surface area contributed by atoms with Crippen LogP contribution in [0.4, 0.5) is 11.4 Å². The van der Waals surface area contributed by atoms with Crippen molar-refractivity contribution in [2.45, 2.75) is 0 Å². The second-order valence-electron chi connectivity index (χ2n) is 5.99. The van der Waals surface area contributed by atoms with Gasteiger partial charge in [-0.3, -0.25) is 14.9 Å². The number of esters is 1. The molecule has 0 aliphatic carbocycles. The third-order valence-corrected chi connectivity index (χ3v) is 4.31. The smallest absolute Gasteiger partial charge is 0.340 e. The van der Waals surface area contributed by atoms with Crippen molar-refractivity contribution in [2.75, 3.05) is 11.9 Å². The van der Waals surface area contributed by atoms with Gasteiger partial charge in [-0.25, -0.2) is 4.79 Å². The first kappa shape index (κ1) is 20.0. The monoisotopic (exact) mass is 410 g/mol. The van der Waals surface area contributed by atoms with Crippen molar-refractivity contribution in [3.63, 3.8) is 0 Å². The number of amides is 1. The molecule has 0 unspecified atom stereocenters. The molecule has 3 aromatic rings. The number of nitro groups is 1.